The molecule has 10 heteroatoms. The molecule has 1 aromatic carbocycles. The third-order valence-electron chi connectivity index (χ3n) is 5.08. The highest BCUT2D eigenvalue weighted by atomic mass is 35.5. The number of piperazine rings is 1. The molecule has 1 unspecified atom stereocenters. The number of amides is 2. The van der Waals surface area contributed by atoms with E-state index in [9.17, 15) is 14.0 Å². The maximum absolute atomic E-state index is 14.0. The lowest BCUT2D eigenvalue weighted by atomic mass is 10.0. The molecule has 0 spiro atoms. The molecular formula is C19H23Cl2FN4O2S. The van der Waals surface area contributed by atoms with E-state index in [1.165, 1.54) is 17.4 Å². The van der Waals surface area contributed by atoms with Gasteiger partial charge in [-0.05, 0) is 25.0 Å². The third-order valence-corrected chi connectivity index (χ3v) is 5.95. The number of nitrogens with one attached hydrogen (secondary N) is 1. The van der Waals surface area contributed by atoms with Crippen molar-refractivity contribution in [2.24, 2.45) is 0 Å². The van der Waals surface area contributed by atoms with Gasteiger partial charge in [0.05, 0.1) is 6.54 Å². The number of carbonyl (C=O) groups is 2. The van der Waals surface area contributed by atoms with Crippen LogP contribution in [0.4, 0.5) is 4.39 Å². The average molecular weight is 461 g/mol. The molecule has 2 amide bonds. The molecule has 0 bridgehead atoms. The van der Waals surface area contributed by atoms with Crippen molar-refractivity contribution in [2.75, 3.05) is 32.7 Å². The van der Waals surface area contributed by atoms with Gasteiger partial charge in [0.15, 0.2) is 0 Å². The lowest BCUT2D eigenvalue weighted by molar-refractivity contribution is -0.135. The van der Waals surface area contributed by atoms with E-state index in [1.807, 2.05) is 4.90 Å². The fourth-order valence-corrected chi connectivity index (χ4v) is 4.51. The van der Waals surface area contributed by atoms with Crippen LogP contribution in [0.1, 0.15) is 23.3 Å². The molecule has 0 radical (unpaired) electrons. The Morgan fingerprint density at radius 3 is 2.79 bits per heavy atom. The van der Waals surface area contributed by atoms with Gasteiger partial charge in [0.1, 0.15) is 16.5 Å². The fourth-order valence-electron chi connectivity index (χ4n) is 3.69. The van der Waals surface area contributed by atoms with E-state index >= 15 is 0 Å². The highest BCUT2D eigenvalue weighted by molar-refractivity contribution is 7.13. The predicted molar refractivity (Wildman–Crippen MR) is 116 cm³/mol. The second-order valence-electron chi connectivity index (χ2n) is 6.83. The van der Waals surface area contributed by atoms with Gasteiger partial charge < -0.3 is 15.1 Å². The van der Waals surface area contributed by atoms with Crippen LogP contribution >= 0.6 is 36.2 Å². The number of piperidine rings is 1. The first-order valence-electron chi connectivity index (χ1n) is 9.13. The molecule has 2 fully saturated rings. The normalized spacial score (nSPS) is 19.3. The average Bonchev–Trinajstić information content (AvgIpc) is 3.18. The monoisotopic (exact) mass is 460 g/mol. The Balaban J connectivity index is 0.00000150. The van der Waals surface area contributed by atoms with Crippen molar-refractivity contribution in [1.29, 1.82) is 0 Å². The maximum atomic E-state index is 14.0. The number of nitrogens with zero attached hydrogens (tertiary/aromatic N) is 3. The minimum absolute atomic E-state index is 0. The summed E-state index contributed by atoms with van der Waals surface area (Å²) in [6.45, 7) is 3.01. The number of halogens is 3. The SMILES string of the molecule is Cl.Cl.O=C(c1csc(-c2ccccc2F)n1)N1CCCC(N2CCNCC2=O)C1. The van der Waals surface area contributed by atoms with Gasteiger partial charge in [-0.15, -0.1) is 36.2 Å². The summed E-state index contributed by atoms with van der Waals surface area (Å²) in [5, 5.41) is 5.26. The van der Waals surface area contributed by atoms with E-state index in [2.05, 4.69) is 10.3 Å². The third kappa shape index (κ3) is 5.06. The Hall–Kier alpha value is -1.74. The molecule has 1 N–H and O–H groups in total. The minimum Gasteiger partial charge on any atom is -0.336 e. The molecule has 1 aromatic heterocycles. The van der Waals surface area contributed by atoms with E-state index in [0.717, 1.165) is 19.4 Å². The van der Waals surface area contributed by atoms with Crippen molar-refractivity contribution in [3.8, 4) is 10.6 Å². The number of carbonyl (C=O) groups excluding carboxylic acids is 2. The predicted octanol–water partition coefficient (Wildman–Crippen LogP) is 2.83. The molecular weight excluding hydrogens is 438 g/mol. The minimum atomic E-state index is -0.346. The Kier molecular flexibility index (Phi) is 8.39. The molecule has 0 aliphatic carbocycles. The molecule has 2 aromatic rings. The Labute approximate surface area is 185 Å². The van der Waals surface area contributed by atoms with Gasteiger partial charge in [-0.25, -0.2) is 9.37 Å². The number of benzene rings is 1. The zero-order chi connectivity index (χ0) is 18.8. The summed E-state index contributed by atoms with van der Waals surface area (Å²) >= 11 is 1.27. The van der Waals surface area contributed by atoms with E-state index in [0.29, 0.717) is 42.4 Å². The van der Waals surface area contributed by atoms with E-state index in [1.54, 1.807) is 28.5 Å². The molecule has 2 saturated heterocycles. The molecule has 0 saturated carbocycles. The van der Waals surface area contributed by atoms with Gasteiger partial charge in [-0.2, -0.15) is 0 Å². The summed E-state index contributed by atoms with van der Waals surface area (Å²) in [6, 6.07) is 6.49. The molecule has 29 heavy (non-hydrogen) atoms. The number of likely N-dealkylation sites (tertiary alicyclic amines) is 1. The topological polar surface area (TPSA) is 65.5 Å². The molecule has 3 heterocycles. The number of aromatic nitrogens is 1. The van der Waals surface area contributed by atoms with Crippen LogP contribution in [-0.4, -0.2) is 65.4 Å². The van der Waals surface area contributed by atoms with Gasteiger partial charge in [0.25, 0.3) is 5.91 Å². The summed E-state index contributed by atoms with van der Waals surface area (Å²) in [7, 11) is 0. The molecule has 4 rings (SSSR count). The van der Waals surface area contributed by atoms with Gasteiger partial charge in [-0.3, -0.25) is 9.59 Å². The van der Waals surface area contributed by atoms with Gasteiger partial charge in [0.2, 0.25) is 5.91 Å². The number of thiazole rings is 1. The van der Waals surface area contributed by atoms with Crippen LogP contribution in [0.2, 0.25) is 0 Å². The lowest BCUT2D eigenvalue weighted by Crippen LogP contribution is -2.57. The van der Waals surface area contributed by atoms with Crippen LogP contribution < -0.4 is 5.32 Å². The van der Waals surface area contributed by atoms with Crippen molar-refractivity contribution in [3.05, 3.63) is 41.2 Å². The van der Waals surface area contributed by atoms with Crippen molar-refractivity contribution in [1.82, 2.24) is 20.1 Å². The van der Waals surface area contributed by atoms with Crippen LogP contribution in [0, 0.1) is 5.82 Å². The van der Waals surface area contributed by atoms with Crippen LogP contribution in [0.15, 0.2) is 29.6 Å². The summed E-state index contributed by atoms with van der Waals surface area (Å²) in [5.74, 6) is -0.404. The molecule has 6 nitrogen and oxygen atoms in total. The number of hydrogen-bond donors (Lipinski definition) is 1. The van der Waals surface area contributed by atoms with E-state index in [-0.39, 0.29) is 48.5 Å². The second-order valence-corrected chi connectivity index (χ2v) is 7.69. The number of rotatable bonds is 3. The van der Waals surface area contributed by atoms with Gasteiger partial charge >= 0.3 is 0 Å². The first-order valence-corrected chi connectivity index (χ1v) is 10.0. The number of hydrogen-bond acceptors (Lipinski definition) is 5. The van der Waals surface area contributed by atoms with E-state index < -0.39 is 0 Å². The van der Waals surface area contributed by atoms with Crippen molar-refractivity contribution in [3.63, 3.8) is 0 Å². The highest BCUT2D eigenvalue weighted by Gasteiger charge is 2.32. The largest absolute Gasteiger partial charge is 0.336 e. The van der Waals surface area contributed by atoms with E-state index in [4.69, 9.17) is 0 Å². The molecule has 2 aliphatic heterocycles. The Morgan fingerprint density at radius 1 is 1.24 bits per heavy atom. The summed E-state index contributed by atoms with van der Waals surface area (Å²) in [4.78, 5) is 33.1. The highest BCUT2D eigenvalue weighted by Crippen LogP contribution is 2.27. The van der Waals surface area contributed by atoms with Crippen LogP contribution in [0.3, 0.4) is 0 Å². The fraction of sp³-hybridized carbons (Fsp3) is 0.421. The van der Waals surface area contributed by atoms with Crippen molar-refractivity contribution >= 4 is 48.0 Å². The standard InChI is InChI=1S/C19H21FN4O2S.2ClH/c20-15-6-2-1-5-14(15)18-22-16(12-27-18)19(26)23-8-3-4-13(11-23)24-9-7-21-10-17(24)25;;/h1-2,5-6,12-13,21H,3-4,7-11H2;2*1H. The summed E-state index contributed by atoms with van der Waals surface area (Å²) in [5.41, 5.74) is 0.745. The second kappa shape index (κ2) is 10.3. The summed E-state index contributed by atoms with van der Waals surface area (Å²) in [6.07, 6.45) is 1.77. The van der Waals surface area contributed by atoms with Gasteiger partial charge in [-0.1, -0.05) is 12.1 Å². The smallest absolute Gasteiger partial charge is 0.273 e. The molecule has 1 atom stereocenters. The first-order chi connectivity index (χ1) is 13.1. The Bertz CT molecular complexity index is 866. The quantitative estimate of drug-likeness (QED) is 0.764. The lowest BCUT2D eigenvalue weighted by Gasteiger charge is -2.40. The van der Waals surface area contributed by atoms with Crippen LogP contribution in [0.25, 0.3) is 10.6 Å². The van der Waals surface area contributed by atoms with Crippen molar-refractivity contribution in [2.45, 2.75) is 18.9 Å². The van der Waals surface area contributed by atoms with Gasteiger partial charge in [0, 0.05) is 43.2 Å². The zero-order valence-corrected chi connectivity index (χ0v) is 18.1. The van der Waals surface area contributed by atoms with Crippen LogP contribution in [-0.2, 0) is 4.79 Å². The maximum Gasteiger partial charge on any atom is 0.273 e. The molecule has 2 aliphatic rings. The van der Waals surface area contributed by atoms with Crippen molar-refractivity contribution < 1.29 is 14.0 Å². The summed E-state index contributed by atoms with van der Waals surface area (Å²) < 4.78 is 14.0. The zero-order valence-electron chi connectivity index (χ0n) is 15.7. The Morgan fingerprint density at radius 2 is 2.03 bits per heavy atom. The molecule has 158 valence electrons. The van der Waals surface area contributed by atoms with Crippen LogP contribution in [0.5, 0.6) is 0 Å². The first kappa shape index (κ1) is 23.5.